The molecule has 2 aromatic carbocycles. The van der Waals surface area contributed by atoms with Crippen molar-refractivity contribution in [2.75, 3.05) is 32.1 Å². The van der Waals surface area contributed by atoms with Gasteiger partial charge in [-0.3, -0.25) is 9.69 Å². The van der Waals surface area contributed by atoms with Gasteiger partial charge in [0.15, 0.2) is 5.13 Å². The van der Waals surface area contributed by atoms with Gasteiger partial charge in [-0.05, 0) is 76.7 Å². The fraction of sp³-hybridized carbons (Fsp3) is 0.364. The summed E-state index contributed by atoms with van der Waals surface area (Å²) in [6.45, 7) is 9.64. The lowest BCUT2D eigenvalue weighted by Gasteiger charge is -2.22. The molecule has 0 fully saturated rings. The first kappa shape index (κ1) is 19.5. The largest absolute Gasteiger partial charge is 0.308 e. The van der Waals surface area contributed by atoms with Crippen molar-refractivity contribution in [1.29, 1.82) is 0 Å². The van der Waals surface area contributed by atoms with Gasteiger partial charge in [-0.2, -0.15) is 0 Å². The SMILES string of the molecule is Cc1ccc(C(=O)N(CCN(C)C)c2nc3cc(C)c(C)cc3s2)c(C)c1. The topological polar surface area (TPSA) is 36.4 Å². The average molecular weight is 382 g/mol. The van der Waals surface area contributed by atoms with Gasteiger partial charge in [0.05, 0.1) is 10.2 Å². The van der Waals surface area contributed by atoms with Crippen LogP contribution in [0.25, 0.3) is 10.2 Å². The number of hydrogen-bond acceptors (Lipinski definition) is 4. The van der Waals surface area contributed by atoms with Crippen molar-refractivity contribution in [3.05, 3.63) is 58.1 Å². The summed E-state index contributed by atoms with van der Waals surface area (Å²) in [4.78, 5) is 22.1. The predicted molar refractivity (Wildman–Crippen MR) is 115 cm³/mol. The molecule has 3 rings (SSSR count). The minimum atomic E-state index is 0.0156. The molecule has 0 aliphatic rings. The molecule has 0 atom stereocenters. The number of carbonyl (C=O) groups excluding carboxylic acids is 1. The number of aryl methyl sites for hydroxylation is 4. The minimum absolute atomic E-state index is 0.0156. The molecule has 0 aliphatic heterocycles. The van der Waals surface area contributed by atoms with E-state index in [0.29, 0.717) is 6.54 Å². The van der Waals surface area contributed by atoms with Crippen LogP contribution in [0.5, 0.6) is 0 Å². The van der Waals surface area contributed by atoms with E-state index in [1.807, 2.05) is 45.0 Å². The van der Waals surface area contributed by atoms with Gasteiger partial charge in [-0.25, -0.2) is 4.98 Å². The van der Waals surface area contributed by atoms with Crippen molar-refractivity contribution in [2.45, 2.75) is 27.7 Å². The van der Waals surface area contributed by atoms with Gasteiger partial charge in [0.1, 0.15) is 0 Å². The molecule has 27 heavy (non-hydrogen) atoms. The second-order valence-corrected chi connectivity index (χ2v) is 8.49. The molecule has 0 spiro atoms. The molecule has 0 N–H and O–H groups in total. The molecule has 3 aromatic rings. The molecule has 0 saturated carbocycles. The molecule has 1 heterocycles. The van der Waals surface area contributed by atoms with Gasteiger partial charge in [-0.1, -0.05) is 29.0 Å². The Kier molecular flexibility index (Phi) is 5.63. The average Bonchev–Trinajstić information content (AvgIpc) is 2.97. The van der Waals surface area contributed by atoms with Crippen LogP contribution in [0.1, 0.15) is 32.6 Å². The zero-order valence-electron chi connectivity index (χ0n) is 17.0. The van der Waals surface area contributed by atoms with Crippen molar-refractivity contribution >= 4 is 32.6 Å². The number of fused-ring (bicyclic) bond motifs is 1. The molecule has 0 aliphatic carbocycles. The molecule has 0 bridgehead atoms. The fourth-order valence-corrected chi connectivity index (χ4v) is 4.14. The highest BCUT2D eigenvalue weighted by Crippen LogP contribution is 2.32. The van der Waals surface area contributed by atoms with Gasteiger partial charge < -0.3 is 4.90 Å². The molecule has 0 radical (unpaired) electrons. The molecule has 0 unspecified atom stereocenters. The second-order valence-electron chi connectivity index (χ2n) is 7.48. The van der Waals surface area contributed by atoms with E-state index in [0.717, 1.165) is 38.6 Å². The maximum Gasteiger partial charge on any atom is 0.260 e. The van der Waals surface area contributed by atoms with Crippen molar-refractivity contribution in [2.24, 2.45) is 0 Å². The number of benzene rings is 2. The third-order valence-electron chi connectivity index (χ3n) is 4.85. The number of carbonyl (C=O) groups is 1. The smallest absolute Gasteiger partial charge is 0.260 e. The van der Waals surface area contributed by atoms with E-state index in [1.54, 1.807) is 11.3 Å². The van der Waals surface area contributed by atoms with E-state index in [1.165, 1.54) is 11.1 Å². The first-order valence-electron chi connectivity index (χ1n) is 9.18. The highest BCUT2D eigenvalue weighted by molar-refractivity contribution is 7.22. The third kappa shape index (κ3) is 4.20. The van der Waals surface area contributed by atoms with E-state index in [2.05, 4.69) is 36.9 Å². The van der Waals surface area contributed by atoms with E-state index >= 15 is 0 Å². The standard InChI is InChI=1S/C22H27N3OS/c1-14-7-8-18(17(4)11-14)21(26)25(10-9-24(5)6)22-23-19-12-15(2)16(3)13-20(19)27-22/h7-8,11-13H,9-10H2,1-6H3. The van der Waals surface area contributed by atoms with Crippen molar-refractivity contribution < 1.29 is 4.79 Å². The number of hydrogen-bond donors (Lipinski definition) is 0. The number of thiazole rings is 1. The quantitative estimate of drug-likeness (QED) is 0.640. The number of aromatic nitrogens is 1. The molecular formula is C22H27N3OS. The lowest BCUT2D eigenvalue weighted by atomic mass is 10.0. The summed E-state index contributed by atoms with van der Waals surface area (Å²) < 4.78 is 1.12. The summed E-state index contributed by atoms with van der Waals surface area (Å²) >= 11 is 1.59. The highest BCUT2D eigenvalue weighted by atomic mass is 32.1. The van der Waals surface area contributed by atoms with E-state index in [4.69, 9.17) is 4.98 Å². The van der Waals surface area contributed by atoms with Gasteiger partial charge in [-0.15, -0.1) is 0 Å². The normalized spacial score (nSPS) is 11.4. The monoisotopic (exact) mass is 381 g/mol. The zero-order chi connectivity index (χ0) is 19.7. The van der Waals surface area contributed by atoms with Crippen LogP contribution in [0.2, 0.25) is 0 Å². The summed E-state index contributed by atoms with van der Waals surface area (Å²) in [6, 6.07) is 10.3. The fourth-order valence-electron chi connectivity index (χ4n) is 3.07. The number of nitrogens with zero attached hydrogens (tertiary/aromatic N) is 3. The number of amides is 1. The van der Waals surface area contributed by atoms with Crippen LogP contribution in [-0.4, -0.2) is 43.0 Å². The lowest BCUT2D eigenvalue weighted by molar-refractivity contribution is 0.0984. The maximum absolute atomic E-state index is 13.4. The Morgan fingerprint density at radius 2 is 1.67 bits per heavy atom. The summed E-state index contributed by atoms with van der Waals surface area (Å²) in [5, 5.41) is 0.766. The van der Waals surface area contributed by atoms with Crippen LogP contribution in [-0.2, 0) is 0 Å². The molecule has 5 heteroatoms. The van der Waals surface area contributed by atoms with Crippen molar-refractivity contribution in [3.63, 3.8) is 0 Å². The Bertz CT molecular complexity index is 952. The van der Waals surface area contributed by atoms with Gasteiger partial charge in [0, 0.05) is 18.7 Å². The first-order chi connectivity index (χ1) is 12.8. The van der Waals surface area contributed by atoms with E-state index in [9.17, 15) is 4.79 Å². The summed E-state index contributed by atoms with van der Waals surface area (Å²) in [5.74, 6) is 0.0156. The Hall–Kier alpha value is -2.24. The van der Waals surface area contributed by atoms with Crippen LogP contribution >= 0.6 is 11.3 Å². The third-order valence-corrected chi connectivity index (χ3v) is 5.89. The second kappa shape index (κ2) is 7.79. The van der Waals surface area contributed by atoms with Crippen LogP contribution < -0.4 is 4.90 Å². The molecule has 4 nitrogen and oxygen atoms in total. The zero-order valence-corrected chi connectivity index (χ0v) is 17.8. The molecular weight excluding hydrogens is 354 g/mol. The van der Waals surface area contributed by atoms with Crippen LogP contribution in [0.3, 0.4) is 0 Å². The minimum Gasteiger partial charge on any atom is -0.308 e. The number of anilines is 1. The van der Waals surface area contributed by atoms with Crippen molar-refractivity contribution in [3.8, 4) is 0 Å². The van der Waals surface area contributed by atoms with Gasteiger partial charge in [0.2, 0.25) is 0 Å². The van der Waals surface area contributed by atoms with Gasteiger partial charge in [0.25, 0.3) is 5.91 Å². The van der Waals surface area contributed by atoms with Crippen molar-refractivity contribution in [1.82, 2.24) is 9.88 Å². The summed E-state index contributed by atoms with van der Waals surface area (Å²) in [5.41, 5.74) is 6.34. The van der Waals surface area contributed by atoms with E-state index < -0.39 is 0 Å². The molecule has 1 aromatic heterocycles. The van der Waals surface area contributed by atoms with Crippen LogP contribution in [0.15, 0.2) is 30.3 Å². The highest BCUT2D eigenvalue weighted by Gasteiger charge is 2.23. The van der Waals surface area contributed by atoms with E-state index in [-0.39, 0.29) is 5.91 Å². The number of rotatable bonds is 5. The van der Waals surface area contributed by atoms with Crippen LogP contribution in [0, 0.1) is 27.7 Å². The summed E-state index contributed by atoms with van der Waals surface area (Å²) in [7, 11) is 4.04. The Labute approximate surface area is 165 Å². The number of likely N-dealkylation sites (N-methyl/N-ethyl adjacent to an activating group) is 1. The molecule has 1 amide bonds. The maximum atomic E-state index is 13.4. The summed E-state index contributed by atoms with van der Waals surface area (Å²) in [6.07, 6.45) is 0. The predicted octanol–water partition coefficient (Wildman–Crippen LogP) is 4.74. The van der Waals surface area contributed by atoms with Gasteiger partial charge >= 0.3 is 0 Å². The first-order valence-corrected chi connectivity index (χ1v) is 9.99. The Morgan fingerprint density at radius 3 is 2.33 bits per heavy atom. The Balaban J connectivity index is 2.03. The lowest BCUT2D eigenvalue weighted by Crippen LogP contribution is -2.37. The molecule has 142 valence electrons. The molecule has 0 saturated heterocycles. The van der Waals surface area contributed by atoms with Crippen LogP contribution in [0.4, 0.5) is 5.13 Å². The Morgan fingerprint density at radius 1 is 0.963 bits per heavy atom.